The fraction of sp³-hybridized carbons (Fsp3) is 0.857. The first kappa shape index (κ1) is 9.41. The van der Waals surface area contributed by atoms with Gasteiger partial charge in [-0.05, 0) is 7.05 Å². The maximum atomic E-state index is 12.9. The average Bonchev–Trinajstić information content (AvgIpc) is 2.26. The molecule has 70 valence electrons. The van der Waals surface area contributed by atoms with E-state index in [4.69, 9.17) is 9.84 Å². The van der Waals surface area contributed by atoms with Crippen molar-refractivity contribution in [3.63, 3.8) is 0 Å². The van der Waals surface area contributed by atoms with E-state index in [1.807, 2.05) is 0 Å². The van der Waals surface area contributed by atoms with Gasteiger partial charge in [0.2, 0.25) is 0 Å². The Morgan fingerprint density at radius 1 is 1.75 bits per heavy atom. The number of carboxylic acids is 1. The molecule has 1 heterocycles. The van der Waals surface area contributed by atoms with Crippen molar-refractivity contribution in [1.82, 2.24) is 4.90 Å². The molecule has 0 aliphatic carbocycles. The summed E-state index contributed by atoms with van der Waals surface area (Å²) in [5.41, 5.74) is 0. The van der Waals surface area contributed by atoms with Gasteiger partial charge in [-0.3, -0.25) is 0 Å². The number of carbonyl (C=O) groups is 1. The molecule has 0 aromatic rings. The van der Waals surface area contributed by atoms with Crippen LogP contribution >= 0.6 is 0 Å². The van der Waals surface area contributed by atoms with Crippen LogP contribution in [0.2, 0.25) is 0 Å². The largest absolute Gasteiger partial charge is 0.480 e. The Morgan fingerprint density at radius 2 is 2.42 bits per heavy atom. The SMILES string of the molecule is CN1CC(F)C(OCC(=O)O)C1. The van der Waals surface area contributed by atoms with Crippen LogP contribution in [0, 0.1) is 0 Å². The zero-order chi connectivity index (χ0) is 9.14. The number of ether oxygens (including phenoxy) is 1. The summed E-state index contributed by atoms with van der Waals surface area (Å²) in [4.78, 5) is 11.9. The minimum Gasteiger partial charge on any atom is -0.480 e. The van der Waals surface area contributed by atoms with Crippen LogP contribution in [-0.2, 0) is 9.53 Å². The highest BCUT2D eigenvalue weighted by molar-refractivity contribution is 5.68. The number of alkyl halides is 1. The summed E-state index contributed by atoms with van der Waals surface area (Å²) in [5, 5.41) is 8.26. The van der Waals surface area contributed by atoms with Gasteiger partial charge in [-0.25, -0.2) is 9.18 Å². The molecule has 0 aromatic carbocycles. The fourth-order valence-corrected chi connectivity index (χ4v) is 1.25. The number of hydrogen-bond donors (Lipinski definition) is 1. The lowest BCUT2D eigenvalue weighted by molar-refractivity contribution is -0.144. The minimum absolute atomic E-state index is 0.324. The Labute approximate surface area is 69.9 Å². The van der Waals surface area contributed by atoms with Crippen LogP contribution in [0.3, 0.4) is 0 Å². The van der Waals surface area contributed by atoms with Crippen molar-refractivity contribution < 1.29 is 19.0 Å². The molecule has 1 N–H and O–H groups in total. The molecule has 0 amide bonds. The lowest BCUT2D eigenvalue weighted by Gasteiger charge is -2.10. The highest BCUT2D eigenvalue weighted by atomic mass is 19.1. The standard InChI is InChI=1S/C7H12FNO3/c1-9-2-5(8)6(3-9)12-4-7(10)11/h5-6H,2-4H2,1H3,(H,10,11). The number of aliphatic carboxylic acids is 1. The number of likely N-dealkylation sites (tertiary alicyclic amines) is 1. The first-order valence-electron chi connectivity index (χ1n) is 3.75. The monoisotopic (exact) mass is 177 g/mol. The molecule has 12 heavy (non-hydrogen) atoms. The van der Waals surface area contributed by atoms with Crippen LogP contribution in [0.25, 0.3) is 0 Å². The first-order valence-corrected chi connectivity index (χ1v) is 3.75. The molecule has 2 atom stereocenters. The Balaban J connectivity index is 2.28. The minimum atomic E-state index is -1.06. The second-order valence-corrected chi connectivity index (χ2v) is 2.98. The van der Waals surface area contributed by atoms with Crippen molar-refractivity contribution in [3.05, 3.63) is 0 Å². The molecule has 1 aliphatic rings. The Morgan fingerprint density at radius 3 is 2.83 bits per heavy atom. The van der Waals surface area contributed by atoms with Crippen molar-refractivity contribution in [1.29, 1.82) is 0 Å². The van der Waals surface area contributed by atoms with Crippen LogP contribution in [0.15, 0.2) is 0 Å². The summed E-state index contributed by atoms with van der Waals surface area (Å²) in [6.45, 7) is 0.373. The van der Waals surface area contributed by atoms with E-state index in [0.717, 1.165) is 0 Å². The number of carboxylic acid groups (broad SMARTS) is 1. The fourth-order valence-electron chi connectivity index (χ4n) is 1.25. The van der Waals surface area contributed by atoms with Crippen LogP contribution in [0.1, 0.15) is 0 Å². The Kier molecular flexibility index (Phi) is 2.99. The molecular formula is C7H12FNO3. The third-order valence-electron chi connectivity index (χ3n) is 1.80. The molecule has 0 spiro atoms. The predicted molar refractivity (Wildman–Crippen MR) is 39.8 cm³/mol. The topological polar surface area (TPSA) is 49.8 Å². The third-order valence-corrected chi connectivity index (χ3v) is 1.80. The maximum absolute atomic E-state index is 12.9. The summed E-state index contributed by atoms with van der Waals surface area (Å²) in [6, 6.07) is 0. The van der Waals surface area contributed by atoms with E-state index >= 15 is 0 Å². The van der Waals surface area contributed by atoms with Gasteiger partial charge in [0.25, 0.3) is 0 Å². The zero-order valence-electron chi connectivity index (χ0n) is 6.86. The van der Waals surface area contributed by atoms with Crippen LogP contribution in [-0.4, -0.2) is 55.0 Å². The molecule has 2 unspecified atom stereocenters. The van der Waals surface area contributed by atoms with E-state index in [1.165, 1.54) is 0 Å². The molecular weight excluding hydrogens is 165 g/mol. The van der Waals surface area contributed by atoms with E-state index in [0.29, 0.717) is 13.1 Å². The van der Waals surface area contributed by atoms with Crippen LogP contribution in [0.4, 0.5) is 4.39 Å². The van der Waals surface area contributed by atoms with Gasteiger partial charge in [-0.15, -0.1) is 0 Å². The molecule has 0 radical (unpaired) electrons. The summed E-state index contributed by atoms with van der Waals surface area (Å²) in [7, 11) is 1.77. The number of likely N-dealkylation sites (N-methyl/N-ethyl adjacent to an activating group) is 1. The van der Waals surface area contributed by atoms with Gasteiger partial charge in [0.15, 0.2) is 0 Å². The van der Waals surface area contributed by atoms with Gasteiger partial charge in [-0.1, -0.05) is 0 Å². The van der Waals surface area contributed by atoms with Gasteiger partial charge >= 0.3 is 5.97 Å². The molecule has 0 saturated carbocycles. The maximum Gasteiger partial charge on any atom is 0.329 e. The highest BCUT2D eigenvalue weighted by Gasteiger charge is 2.31. The van der Waals surface area contributed by atoms with Gasteiger partial charge in [-0.2, -0.15) is 0 Å². The normalized spacial score (nSPS) is 30.8. The molecule has 0 aromatic heterocycles. The highest BCUT2D eigenvalue weighted by Crippen LogP contribution is 2.14. The van der Waals surface area contributed by atoms with Gasteiger partial charge in [0, 0.05) is 13.1 Å². The molecule has 1 aliphatic heterocycles. The van der Waals surface area contributed by atoms with E-state index in [2.05, 4.69) is 0 Å². The molecule has 1 fully saturated rings. The van der Waals surface area contributed by atoms with E-state index < -0.39 is 24.9 Å². The molecule has 1 rings (SSSR count). The lowest BCUT2D eigenvalue weighted by atomic mass is 10.3. The molecule has 1 saturated heterocycles. The van der Waals surface area contributed by atoms with Gasteiger partial charge in [0.1, 0.15) is 18.9 Å². The number of halogens is 1. The summed E-state index contributed by atoms with van der Waals surface area (Å²) in [5.74, 6) is -1.06. The van der Waals surface area contributed by atoms with Crippen molar-refractivity contribution in [2.45, 2.75) is 12.3 Å². The van der Waals surface area contributed by atoms with Crippen molar-refractivity contribution >= 4 is 5.97 Å². The number of rotatable bonds is 3. The molecule has 4 nitrogen and oxygen atoms in total. The molecule has 0 bridgehead atoms. The summed E-state index contributed by atoms with van der Waals surface area (Å²) < 4.78 is 17.8. The van der Waals surface area contributed by atoms with E-state index in [1.54, 1.807) is 11.9 Å². The number of nitrogens with zero attached hydrogens (tertiary/aromatic N) is 1. The van der Waals surface area contributed by atoms with Crippen molar-refractivity contribution in [3.8, 4) is 0 Å². The van der Waals surface area contributed by atoms with Gasteiger partial charge in [0.05, 0.1) is 0 Å². The van der Waals surface area contributed by atoms with Crippen molar-refractivity contribution in [2.75, 3.05) is 26.7 Å². The quantitative estimate of drug-likeness (QED) is 0.645. The van der Waals surface area contributed by atoms with E-state index in [9.17, 15) is 9.18 Å². The van der Waals surface area contributed by atoms with Crippen LogP contribution < -0.4 is 0 Å². The summed E-state index contributed by atoms with van der Waals surface area (Å²) in [6.07, 6.45) is -1.64. The Bertz CT molecular complexity index is 176. The summed E-state index contributed by atoms with van der Waals surface area (Å²) >= 11 is 0. The smallest absolute Gasteiger partial charge is 0.329 e. The van der Waals surface area contributed by atoms with Crippen LogP contribution in [0.5, 0.6) is 0 Å². The van der Waals surface area contributed by atoms with Crippen molar-refractivity contribution in [2.24, 2.45) is 0 Å². The Hall–Kier alpha value is -0.680. The lowest BCUT2D eigenvalue weighted by Crippen LogP contribution is -2.26. The van der Waals surface area contributed by atoms with Gasteiger partial charge < -0.3 is 14.7 Å². The second-order valence-electron chi connectivity index (χ2n) is 2.98. The predicted octanol–water partition coefficient (Wildman–Crippen LogP) is -0.260. The zero-order valence-corrected chi connectivity index (χ0v) is 6.86. The second kappa shape index (κ2) is 3.82. The average molecular weight is 177 g/mol. The third kappa shape index (κ3) is 2.42. The van der Waals surface area contributed by atoms with E-state index in [-0.39, 0.29) is 0 Å². The number of hydrogen-bond acceptors (Lipinski definition) is 3. The first-order chi connectivity index (χ1) is 5.59. The molecule has 5 heteroatoms.